The van der Waals surface area contributed by atoms with Gasteiger partial charge in [-0.15, -0.1) is 0 Å². The second-order valence-corrected chi connectivity index (χ2v) is 4.33. The van der Waals surface area contributed by atoms with Crippen molar-refractivity contribution in [2.24, 2.45) is 9.98 Å². The molecule has 94 valence electrons. The van der Waals surface area contributed by atoms with E-state index in [1.54, 1.807) is 0 Å². The highest BCUT2D eigenvalue weighted by molar-refractivity contribution is 7.78. The van der Waals surface area contributed by atoms with Crippen LogP contribution < -0.4 is 0 Å². The van der Waals surface area contributed by atoms with Crippen molar-refractivity contribution in [1.29, 1.82) is 0 Å². The average molecular weight is 276 g/mol. The number of hydrogen-bond donors (Lipinski definition) is 0. The zero-order valence-electron chi connectivity index (χ0n) is 10.2. The van der Waals surface area contributed by atoms with Gasteiger partial charge in [-0.2, -0.15) is 0 Å². The van der Waals surface area contributed by atoms with E-state index in [1.165, 1.54) is 5.56 Å². The molecule has 0 radical (unpaired) electrons. The Hall–Kier alpha value is -1.18. The van der Waals surface area contributed by atoms with Gasteiger partial charge in [0, 0.05) is 6.54 Å². The van der Waals surface area contributed by atoms with Gasteiger partial charge in [0.2, 0.25) is 0 Å². The summed E-state index contributed by atoms with van der Waals surface area (Å²) in [4.78, 5) is 8.14. The molecule has 1 unspecified atom stereocenters. The van der Waals surface area contributed by atoms with Crippen LogP contribution in [0.15, 0.2) is 40.3 Å². The lowest BCUT2D eigenvalue weighted by Crippen LogP contribution is -1.95. The molecule has 1 atom stereocenters. The van der Waals surface area contributed by atoms with Crippen LogP contribution in [-0.4, -0.2) is 16.9 Å². The smallest absolute Gasteiger partial charge is 0.0852 e. The fraction of sp³-hybridized carbons (Fsp3) is 0.429. The molecule has 1 aromatic carbocycles. The zero-order valence-corrected chi connectivity index (χ0v) is 11.8. The third kappa shape index (κ3) is 5.95. The molecule has 1 rings (SSSR count). The van der Waals surface area contributed by atoms with Crippen LogP contribution in [0.1, 0.15) is 37.3 Å². The molecule has 0 aliphatic rings. The van der Waals surface area contributed by atoms with Crippen LogP contribution in [0.4, 0.5) is 0 Å². The normalized spacial score (nSPS) is 11.1. The van der Waals surface area contributed by atoms with Gasteiger partial charge in [0.15, 0.2) is 0 Å². The van der Waals surface area contributed by atoms with Gasteiger partial charge in [0.05, 0.1) is 16.4 Å². The Labute approximate surface area is 119 Å². The van der Waals surface area contributed by atoms with Gasteiger partial charge in [-0.3, -0.25) is 0 Å². The van der Waals surface area contributed by atoms with Gasteiger partial charge in [-0.05, 0) is 42.8 Å². The van der Waals surface area contributed by atoms with Gasteiger partial charge in [0.25, 0.3) is 0 Å². The van der Waals surface area contributed by atoms with Crippen molar-refractivity contribution in [3.63, 3.8) is 0 Å². The maximum atomic E-state index is 4.71. The maximum Gasteiger partial charge on any atom is 0.0852 e. The minimum Gasteiger partial charge on any atom is -0.233 e. The minimum atomic E-state index is 0.137. The summed E-state index contributed by atoms with van der Waals surface area (Å²) in [7, 11) is 0. The maximum absolute atomic E-state index is 4.71. The summed E-state index contributed by atoms with van der Waals surface area (Å²) in [6, 6.07) is 10.3. The Balaban J connectivity index is 2.40. The monoisotopic (exact) mass is 276 g/mol. The predicted octanol–water partition coefficient (Wildman–Crippen LogP) is 4.49. The Kier molecular flexibility index (Phi) is 8.11. The van der Waals surface area contributed by atoms with Crippen molar-refractivity contribution in [3.8, 4) is 0 Å². The zero-order chi connectivity index (χ0) is 13.1. The quantitative estimate of drug-likeness (QED) is 0.397. The number of benzene rings is 1. The van der Waals surface area contributed by atoms with E-state index in [9.17, 15) is 0 Å². The van der Waals surface area contributed by atoms with E-state index in [-0.39, 0.29) is 6.04 Å². The van der Waals surface area contributed by atoms with E-state index in [4.69, 9.17) is 12.2 Å². The molecule has 0 fully saturated rings. The summed E-state index contributed by atoms with van der Waals surface area (Å²) in [5, 5.41) is 4.87. The molecule has 0 saturated heterocycles. The lowest BCUT2D eigenvalue weighted by Gasteiger charge is -2.10. The lowest BCUT2D eigenvalue weighted by atomic mass is 10.0. The fourth-order valence-electron chi connectivity index (χ4n) is 1.80. The van der Waals surface area contributed by atoms with Crippen molar-refractivity contribution < 1.29 is 0 Å². The van der Waals surface area contributed by atoms with Crippen LogP contribution in [-0.2, 0) is 0 Å². The molecule has 0 aliphatic carbocycles. The second kappa shape index (κ2) is 9.81. The summed E-state index contributed by atoms with van der Waals surface area (Å²) in [5.41, 5.74) is 1.20. The number of thiocarbonyl (C=S) groups is 2. The first-order chi connectivity index (χ1) is 8.88. The first kappa shape index (κ1) is 14.9. The van der Waals surface area contributed by atoms with Crippen molar-refractivity contribution >= 4 is 34.8 Å². The van der Waals surface area contributed by atoms with Gasteiger partial charge >= 0.3 is 0 Å². The molecule has 0 N–H and O–H groups in total. The second-order valence-electron chi connectivity index (χ2n) is 3.97. The van der Waals surface area contributed by atoms with E-state index in [1.807, 2.05) is 18.2 Å². The highest BCUT2D eigenvalue weighted by atomic mass is 32.1. The van der Waals surface area contributed by atoms with Gasteiger partial charge in [-0.1, -0.05) is 43.2 Å². The largest absolute Gasteiger partial charge is 0.233 e. The fourth-order valence-corrected chi connectivity index (χ4v) is 2.01. The van der Waals surface area contributed by atoms with Crippen molar-refractivity contribution in [2.75, 3.05) is 6.54 Å². The summed E-state index contributed by atoms with van der Waals surface area (Å²) in [6.45, 7) is 0.774. The van der Waals surface area contributed by atoms with Crippen molar-refractivity contribution in [3.05, 3.63) is 35.9 Å². The number of rotatable bonds is 8. The van der Waals surface area contributed by atoms with E-state index >= 15 is 0 Å². The number of hydrogen-bond acceptors (Lipinski definition) is 4. The molecule has 0 aromatic heterocycles. The summed E-state index contributed by atoms with van der Waals surface area (Å²) in [5.74, 6) is 0. The number of isothiocyanates is 2. The standard InChI is InChI=1S/C14H16N2S2/c17-11-15-10-6-2-5-9-14(16-12-18)13-7-3-1-4-8-13/h1,3-4,7-8,14H,2,5-6,9-10H2. The van der Waals surface area contributed by atoms with Crippen LogP contribution >= 0.6 is 24.4 Å². The minimum absolute atomic E-state index is 0.137. The van der Waals surface area contributed by atoms with Crippen LogP contribution in [0.5, 0.6) is 0 Å². The molecule has 18 heavy (non-hydrogen) atoms. The SMILES string of the molecule is S=C=NCCCCCC(N=C=S)c1ccccc1. The summed E-state index contributed by atoms with van der Waals surface area (Å²) in [6.07, 6.45) is 4.27. The van der Waals surface area contributed by atoms with E-state index in [2.05, 4.69) is 44.7 Å². The Morgan fingerprint density at radius 2 is 1.78 bits per heavy atom. The van der Waals surface area contributed by atoms with Crippen molar-refractivity contribution in [2.45, 2.75) is 31.7 Å². The molecule has 0 bridgehead atoms. The lowest BCUT2D eigenvalue weighted by molar-refractivity contribution is 0.577. The Morgan fingerprint density at radius 1 is 1.00 bits per heavy atom. The van der Waals surface area contributed by atoms with E-state index in [0.717, 1.165) is 32.2 Å². The number of unbranched alkanes of at least 4 members (excludes halogenated alkanes) is 2. The molecular weight excluding hydrogens is 260 g/mol. The number of nitrogens with zero attached hydrogens (tertiary/aromatic N) is 2. The molecule has 0 amide bonds. The average Bonchev–Trinajstić information content (AvgIpc) is 2.42. The molecule has 0 heterocycles. The molecule has 0 aliphatic heterocycles. The van der Waals surface area contributed by atoms with Gasteiger partial charge in [-0.25, -0.2) is 9.98 Å². The topological polar surface area (TPSA) is 24.7 Å². The molecule has 0 spiro atoms. The van der Waals surface area contributed by atoms with Gasteiger partial charge in [0.1, 0.15) is 0 Å². The molecule has 0 saturated carbocycles. The molecule has 4 heteroatoms. The summed E-state index contributed by atoms with van der Waals surface area (Å²) >= 11 is 9.23. The van der Waals surface area contributed by atoms with Crippen LogP contribution in [0.3, 0.4) is 0 Å². The molecule has 1 aromatic rings. The van der Waals surface area contributed by atoms with Crippen LogP contribution in [0, 0.1) is 0 Å². The first-order valence-electron chi connectivity index (χ1n) is 6.04. The third-order valence-corrected chi connectivity index (χ3v) is 2.94. The summed E-state index contributed by atoms with van der Waals surface area (Å²) < 4.78 is 0. The van der Waals surface area contributed by atoms with E-state index < -0.39 is 0 Å². The third-order valence-electron chi connectivity index (χ3n) is 2.70. The Bertz CT molecular complexity index is 432. The van der Waals surface area contributed by atoms with Gasteiger partial charge < -0.3 is 0 Å². The Morgan fingerprint density at radius 3 is 2.44 bits per heavy atom. The first-order valence-corrected chi connectivity index (χ1v) is 6.85. The highest BCUT2D eigenvalue weighted by Gasteiger charge is 2.08. The number of aliphatic imine (C=N–C) groups is 2. The highest BCUT2D eigenvalue weighted by Crippen LogP contribution is 2.23. The van der Waals surface area contributed by atoms with Crippen molar-refractivity contribution in [1.82, 2.24) is 0 Å². The molecular formula is C14H16N2S2. The predicted molar refractivity (Wildman–Crippen MR) is 82.6 cm³/mol. The molecule has 2 nitrogen and oxygen atoms in total. The van der Waals surface area contributed by atoms with E-state index in [0.29, 0.717) is 0 Å². The van der Waals surface area contributed by atoms with Crippen LogP contribution in [0.25, 0.3) is 0 Å². The van der Waals surface area contributed by atoms with Crippen LogP contribution in [0.2, 0.25) is 0 Å².